The molecule has 1 aromatic heterocycles. The molecule has 0 amide bonds. The Morgan fingerprint density at radius 2 is 1.22 bits per heavy atom. The Balaban J connectivity index is 3.34. The Bertz CT molecular complexity index is 607. The lowest BCUT2D eigenvalue weighted by atomic mass is 9.97. The molecule has 1 aromatic rings. The summed E-state index contributed by atoms with van der Waals surface area (Å²) in [6.45, 7) is 0. The molecule has 2 atom stereocenters. The summed E-state index contributed by atoms with van der Waals surface area (Å²) in [7, 11) is 0. The van der Waals surface area contributed by atoms with E-state index in [1.807, 2.05) is 0 Å². The molecule has 0 aliphatic heterocycles. The number of aromatic nitrogens is 1. The quantitative estimate of drug-likeness (QED) is 0.434. The molecule has 9 nitrogen and oxygen atoms in total. The molecule has 10 heteroatoms. The number of rotatable bonds is 8. The van der Waals surface area contributed by atoms with E-state index < -0.39 is 48.6 Å². The van der Waals surface area contributed by atoms with Gasteiger partial charge in [0, 0.05) is 3.57 Å². The number of carboxylic acids is 4. The maximum absolute atomic E-state index is 11.2. The summed E-state index contributed by atoms with van der Waals surface area (Å²) in [5.41, 5.74) is -0.253. The standard InChI is InChI=1S/C13H12INO8/c14-5-1-8(6(12(20)21)3-10(16)17)15-9(2-5)7(13(22)23)4-11(18)19/h1-2,6-7H,3-4H2,(H,16,17)(H,18,19)(H,20,21)(H,22,23). The Hall–Kier alpha value is -2.24. The predicted octanol–water partition coefficient (Wildman–Crippen LogP) is 0.972. The molecule has 0 aliphatic rings. The lowest BCUT2D eigenvalue weighted by molar-refractivity contribution is -0.145. The first kappa shape index (κ1) is 18.8. The molecule has 124 valence electrons. The Morgan fingerprint density at radius 1 is 0.870 bits per heavy atom. The largest absolute Gasteiger partial charge is 0.481 e. The van der Waals surface area contributed by atoms with Gasteiger partial charge in [-0.3, -0.25) is 24.2 Å². The predicted molar refractivity (Wildman–Crippen MR) is 82.2 cm³/mol. The topological polar surface area (TPSA) is 162 Å². The molecule has 0 bridgehead atoms. The maximum Gasteiger partial charge on any atom is 0.313 e. The first-order valence-electron chi connectivity index (χ1n) is 6.18. The molecule has 4 N–H and O–H groups in total. The van der Waals surface area contributed by atoms with E-state index in [1.165, 1.54) is 12.1 Å². The van der Waals surface area contributed by atoms with Crippen LogP contribution in [0.2, 0.25) is 0 Å². The van der Waals surface area contributed by atoms with Gasteiger partial charge in [0.25, 0.3) is 0 Å². The highest BCUT2D eigenvalue weighted by atomic mass is 127. The van der Waals surface area contributed by atoms with E-state index in [0.29, 0.717) is 3.57 Å². The summed E-state index contributed by atoms with van der Waals surface area (Å²) < 4.78 is 0.427. The SMILES string of the molecule is O=C(O)CC(C(=O)O)c1cc(I)cc(C(CC(=O)O)C(=O)O)n1. The first-order chi connectivity index (χ1) is 10.6. The summed E-state index contributed by atoms with van der Waals surface area (Å²) in [5, 5.41) is 35.8. The van der Waals surface area contributed by atoms with Crippen molar-refractivity contribution in [3.05, 3.63) is 27.1 Å². The lowest BCUT2D eigenvalue weighted by Gasteiger charge is -2.15. The number of hydrogen-bond acceptors (Lipinski definition) is 5. The van der Waals surface area contributed by atoms with Crippen molar-refractivity contribution >= 4 is 46.5 Å². The second-order valence-electron chi connectivity index (χ2n) is 4.61. The van der Waals surface area contributed by atoms with Gasteiger partial charge < -0.3 is 20.4 Å². The van der Waals surface area contributed by atoms with Crippen LogP contribution >= 0.6 is 22.6 Å². The molecule has 0 aliphatic carbocycles. The molecule has 0 saturated heterocycles. The van der Waals surface area contributed by atoms with E-state index in [9.17, 15) is 19.2 Å². The van der Waals surface area contributed by atoms with Crippen LogP contribution < -0.4 is 0 Å². The van der Waals surface area contributed by atoms with Crippen molar-refractivity contribution in [1.82, 2.24) is 4.98 Å². The molecule has 1 heterocycles. The third kappa shape index (κ3) is 5.47. The average molecular weight is 437 g/mol. The molecule has 0 aromatic carbocycles. The fourth-order valence-corrected chi connectivity index (χ4v) is 2.52. The fraction of sp³-hybridized carbons (Fsp3) is 0.308. The van der Waals surface area contributed by atoms with Crippen LogP contribution in [0.15, 0.2) is 12.1 Å². The van der Waals surface area contributed by atoms with E-state index in [2.05, 4.69) is 4.98 Å². The highest BCUT2D eigenvalue weighted by Crippen LogP contribution is 2.26. The van der Waals surface area contributed by atoms with Gasteiger partial charge in [0.2, 0.25) is 0 Å². The van der Waals surface area contributed by atoms with Gasteiger partial charge in [-0.1, -0.05) is 0 Å². The molecule has 0 saturated carbocycles. The zero-order valence-corrected chi connectivity index (χ0v) is 13.6. The van der Waals surface area contributed by atoms with E-state index >= 15 is 0 Å². The van der Waals surface area contributed by atoms with Crippen molar-refractivity contribution in [2.75, 3.05) is 0 Å². The van der Waals surface area contributed by atoms with E-state index in [1.54, 1.807) is 22.6 Å². The maximum atomic E-state index is 11.2. The number of hydrogen-bond donors (Lipinski definition) is 4. The summed E-state index contributed by atoms with van der Waals surface area (Å²) in [6.07, 6.45) is -1.45. The van der Waals surface area contributed by atoms with E-state index in [0.717, 1.165) is 0 Å². The number of nitrogens with zero attached hydrogens (tertiary/aromatic N) is 1. The minimum Gasteiger partial charge on any atom is -0.481 e. The minimum atomic E-state index is -1.46. The zero-order chi connectivity index (χ0) is 17.7. The lowest BCUT2D eigenvalue weighted by Crippen LogP contribution is -2.21. The molecular formula is C13H12INO8. The smallest absolute Gasteiger partial charge is 0.313 e. The second kappa shape index (κ2) is 7.85. The Labute approximate surface area is 143 Å². The summed E-state index contributed by atoms with van der Waals surface area (Å²) >= 11 is 1.79. The van der Waals surface area contributed by atoms with Gasteiger partial charge in [-0.25, -0.2) is 0 Å². The van der Waals surface area contributed by atoms with Gasteiger partial charge >= 0.3 is 23.9 Å². The number of pyridine rings is 1. The van der Waals surface area contributed by atoms with Crippen LogP contribution in [0.5, 0.6) is 0 Å². The number of carbonyl (C=O) groups is 4. The van der Waals surface area contributed by atoms with Crippen LogP contribution in [0.1, 0.15) is 36.1 Å². The Kier molecular flexibility index (Phi) is 6.42. The van der Waals surface area contributed by atoms with Crippen LogP contribution in [0.25, 0.3) is 0 Å². The van der Waals surface area contributed by atoms with E-state index in [-0.39, 0.29) is 11.4 Å². The molecule has 2 unspecified atom stereocenters. The van der Waals surface area contributed by atoms with Gasteiger partial charge in [0.15, 0.2) is 0 Å². The zero-order valence-electron chi connectivity index (χ0n) is 11.5. The molecule has 1 rings (SSSR count). The second-order valence-corrected chi connectivity index (χ2v) is 5.86. The minimum absolute atomic E-state index is 0.126. The summed E-state index contributed by atoms with van der Waals surface area (Å²) in [6, 6.07) is 2.65. The van der Waals surface area contributed by atoms with Gasteiger partial charge in [-0.2, -0.15) is 0 Å². The van der Waals surface area contributed by atoms with Gasteiger partial charge in [0.1, 0.15) is 11.8 Å². The van der Waals surface area contributed by atoms with Crippen molar-refractivity contribution in [3.8, 4) is 0 Å². The van der Waals surface area contributed by atoms with Gasteiger partial charge in [-0.05, 0) is 34.7 Å². The molecule has 23 heavy (non-hydrogen) atoms. The first-order valence-corrected chi connectivity index (χ1v) is 7.26. The van der Waals surface area contributed by atoms with Crippen LogP contribution in [0.3, 0.4) is 0 Å². The third-order valence-electron chi connectivity index (χ3n) is 2.90. The third-order valence-corrected chi connectivity index (χ3v) is 3.52. The van der Waals surface area contributed by atoms with Crippen LogP contribution in [-0.4, -0.2) is 49.3 Å². The normalized spacial score (nSPS) is 13.1. The molecule has 0 radical (unpaired) electrons. The van der Waals surface area contributed by atoms with Gasteiger partial charge in [0.05, 0.1) is 24.2 Å². The summed E-state index contributed by atoms with van der Waals surface area (Å²) in [5.74, 6) is -8.45. The van der Waals surface area contributed by atoms with Crippen molar-refractivity contribution in [3.63, 3.8) is 0 Å². The van der Waals surface area contributed by atoms with Crippen molar-refractivity contribution in [2.45, 2.75) is 24.7 Å². The highest BCUT2D eigenvalue weighted by Gasteiger charge is 2.29. The number of halogens is 1. The highest BCUT2D eigenvalue weighted by molar-refractivity contribution is 14.1. The fourth-order valence-electron chi connectivity index (χ4n) is 1.88. The van der Waals surface area contributed by atoms with Crippen molar-refractivity contribution in [1.29, 1.82) is 0 Å². The summed E-state index contributed by atoms with van der Waals surface area (Å²) in [4.78, 5) is 47.9. The van der Waals surface area contributed by atoms with Crippen LogP contribution in [-0.2, 0) is 19.2 Å². The monoisotopic (exact) mass is 437 g/mol. The van der Waals surface area contributed by atoms with E-state index in [4.69, 9.17) is 20.4 Å². The van der Waals surface area contributed by atoms with Crippen LogP contribution in [0.4, 0.5) is 0 Å². The van der Waals surface area contributed by atoms with Gasteiger partial charge in [-0.15, -0.1) is 0 Å². The van der Waals surface area contributed by atoms with Crippen molar-refractivity contribution < 1.29 is 39.6 Å². The molecule has 0 fully saturated rings. The van der Waals surface area contributed by atoms with Crippen molar-refractivity contribution in [2.24, 2.45) is 0 Å². The molecular weight excluding hydrogens is 425 g/mol. The average Bonchev–Trinajstić information content (AvgIpc) is 2.40. The van der Waals surface area contributed by atoms with Crippen LogP contribution in [0, 0.1) is 3.57 Å². The Morgan fingerprint density at radius 3 is 1.48 bits per heavy atom. The number of aliphatic carboxylic acids is 4. The number of carboxylic acid groups (broad SMARTS) is 4. The molecule has 0 spiro atoms.